The van der Waals surface area contributed by atoms with Gasteiger partial charge in [-0.15, -0.1) is 4.83 Å². The van der Waals surface area contributed by atoms with Gasteiger partial charge < -0.3 is 0 Å². The van der Waals surface area contributed by atoms with E-state index >= 15 is 0 Å². The number of benzene rings is 2. The Morgan fingerprint density at radius 1 is 1.16 bits per heavy atom. The summed E-state index contributed by atoms with van der Waals surface area (Å²) in [7, 11) is -4.12. The number of carbonyl (C=O) groups is 1. The molecule has 0 saturated carbocycles. The first kappa shape index (κ1) is 19.7. The summed E-state index contributed by atoms with van der Waals surface area (Å²) >= 11 is 12.1. The fraction of sp³-hybridized carbons (Fsp3) is 0.188. The van der Waals surface area contributed by atoms with Gasteiger partial charge in [0.2, 0.25) is 5.91 Å². The molecule has 0 spiro atoms. The fourth-order valence-electron chi connectivity index (χ4n) is 2.14. The van der Waals surface area contributed by atoms with Crippen LogP contribution in [0.4, 0.5) is 4.39 Å². The minimum absolute atomic E-state index is 0.0298. The number of hydrazine groups is 1. The Bertz CT molecular complexity index is 890. The molecule has 0 aromatic heterocycles. The molecule has 0 radical (unpaired) electrons. The van der Waals surface area contributed by atoms with E-state index in [0.29, 0.717) is 11.1 Å². The molecule has 1 amide bonds. The highest BCUT2D eigenvalue weighted by molar-refractivity contribution is 7.89. The number of sulfonamides is 1. The second-order valence-electron chi connectivity index (χ2n) is 5.40. The molecule has 2 N–H and O–H groups in total. The molecule has 2 aromatic carbocycles. The molecule has 5 nitrogen and oxygen atoms in total. The molecule has 0 aliphatic rings. The van der Waals surface area contributed by atoms with E-state index in [4.69, 9.17) is 23.2 Å². The Kier molecular flexibility index (Phi) is 6.05. The molecule has 0 unspecified atom stereocenters. The van der Waals surface area contributed by atoms with E-state index in [1.807, 2.05) is 4.83 Å². The Balaban J connectivity index is 2.14. The number of hydrogen-bond acceptors (Lipinski definition) is 3. The highest BCUT2D eigenvalue weighted by Crippen LogP contribution is 2.33. The third-order valence-corrected chi connectivity index (χ3v) is 5.87. The summed E-state index contributed by atoms with van der Waals surface area (Å²) in [6, 6.07) is 6.86. The first-order chi connectivity index (χ1) is 11.6. The summed E-state index contributed by atoms with van der Waals surface area (Å²) in [5.74, 6) is -1.03. The van der Waals surface area contributed by atoms with Gasteiger partial charge in [-0.3, -0.25) is 10.2 Å². The second kappa shape index (κ2) is 7.70. The predicted octanol–water partition coefficient (Wildman–Crippen LogP) is 3.30. The molecule has 0 fully saturated rings. The summed E-state index contributed by atoms with van der Waals surface area (Å²) in [5, 5.41) is 0.280. The van der Waals surface area contributed by atoms with Crippen molar-refractivity contribution < 1.29 is 17.6 Å². The van der Waals surface area contributed by atoms with Crippen molar-refractivity contribution in [1.29, 1.82) is 0 Å². The van der Waals surface area contributed by atoms with Crippen LogP contribution in [0.5, 0.6) is 0 Å². The second-order valence-corrected chi connectivity index (χ2v) is 7.80. The van der Waals surface area contributed by atoms with E-state index in [1.54, 1.807) is 13.0 Å². The minimum Gasteiger partial charge on any atom is -0.277 e. The zero-order chi connectivity index (χ0) is 18.8. The van der Waals surface area contributed by atoms with Crippen LogP contribution >= 0.6 is 23.2 Å². The first-order valence-corrected chi connectivity index (χ1v) is 9.36. The third-order valence-electron chi connectivity index (χ3n) is 3.46. The van der Waals surface area contributed by atoms with Crippen LogP contribution in [-0.4, -0.2) is 14.3 Å². The van der Waals surface area contributed by atoms with E-state index in [-0.39, 0.29) is 26.9 Å². The van der Waals surface area contributed by atoms with Gasteiger partial charge >= 0.3 is 0 Å². The molecule has 25 heavy (non-hydrogen) atoms. The molecular formula is C16H15Cl2FN2O3S. The van der Waals surface area contributed by atoms with Gasteiger partial charge in [0.25, 0.3) is 10.0 Å². The van der Waals surface area contributed by atoms with Crippen LogP contribution in [0.1, 0.15) is 16.7 Å². The molecule has 9 heteroatoms. The standard InChI is InChI=1S/C16H15Cl2FN2O3S/c1-9-7-13(17)10(2)16(15(9)18)25(23,24)21-20-14(22)8-11-3-5-12(19)6-4-11/h3-7,21H,8H2,1-2H3,(H,20,22). The van der Waals surface area contributed by atoms with Gasteiger partial charge in [0, 0.05) is 5.02 Å². The molecule has 2 rings (SSSR count). The number of amides is 1. The highest BCUT2D eigenvalue weighted by atomic mass is 35.5. The molecule has 134 valence electrons. The molecule has 2 aromatic rings. The van der Waals surface area contributed by atoms with Gasteiger partial charge in [-0.2, -0.15) is 0 Å². The van der Waals surface area contributed by atoms with Crippen LogP contribution in [0, 0.1) is 19.7 Å². The van der Waals surface area contributed by atoms with Crippen molar-refractivity contribution in [2.45, 2.75) is 25.2 Å². The van der Waals surface area contributed by atoms with Gasteiger partial charge in [0.1, 0.15) is 10.7 Å². The van der Waals surface area contributed by atoms with Crippen LogP contribution in [-0.2, 0) is 21.2 Å². The lowest BCUT2D eigenvalue weighted by Crippen LogP contribution is -2.42. The lowest BCUT2D eigenvalue weighted by Gasteiger charge is -2.14. The lowest BCUT2D eigenvalue weighted by molar-refractivity contribution is -0.120. The average Bonchev–Trinajstić information content (AvgIpc) is 2.53. The summed E-state index contributed by atoms with van der Waals surface area (Å²) < 4.78 is 37.8. The summed E-state index contributed by atoms with van der Waals surface area (Å²) in [6.45, 7) is 3.14. The third kappa shape index (κ3) is 4.70. The number of hydrogen-bond donors (Lipinski definition) is 2. The molecule has 0 atom stereocenters. The van der Waals surface area contributed by atoms with Gasteiger partial charge in [-0.25, -0.2) is 12.8 Å². The Morgan fingerprint density at radius 2 is 1.76 bits per heavy atom. The zero-order valence-electron chi connectivity index (χ0n) is 13.4. The van der Waals surface area contributed by atoms with Crippen molar-refractivity contribution in [3.05, 3.63) is 62.9 Å². The molecule has 0 bridgehead atoms. The maximum atomic E-state index is 12.8. The fourth-order valence-corrected chi connectivity index (χ4v) is 4.22. The van der Waals surface area contributed by atoms with E-state index in [1.165, 1.54) is 31.2 Å². The van der Waals surface area contributed by atoms with Crippen molar-refractivity contribution in [3.63, 3.8) is 0 Å². The largest absolute Gasteiger partial charge is 0.277 e. The Labute approximate surface area is 155 Å². The molecule has 0 heterocycles. The maximum Gasteiger partial charge on any atom is 0.259 e. The number of rotatable bonds is 5. The van der Waals surface area contributed by atoms with Crippen LogP contribution in [0.15, 0.2) is 35.2 Å². The SMILES string of the molecule is Cc1cc(Cl)c(C)c(S(=O)(=O)NNC(=O)Cc2ccc(F)cc2)c1Cl. The van der Waals surface area contributed by atoms with Gasteiger partial charge in [-0.1, -0.05) is 35.3 Å². The molecule has 0 aliphatic carbocycles. The van der Waals surface area contributed by atoms with E-state index in [9.17, 15) is 17.6 Å². The number of halogens is 3. The van der Waals surface area contributed by atoms with Crippen LogP contribution in [0.25, 0.3) is 0 Å². The zero-order valence-corrected chi connectivity index (χ0v) is 15.7. The smallest absolute Gasteiger partial charge is 0.259 e. The molecule has 0 saturated heterocycles. The van der Waals surface area contributed by atoms with Crippen LogP contribution in [0.2, 0.25) is 10.0 Å². The summed E-state index contributed by atoms with van der Waals surface area (Å²) in [6.07, 6.45) is -0.121. The topological polar surface area (TPSA) is 75.3 Å². The molecule has 0 aliphatic heterocycles. The van der Waals surface area contributed by atoms with Crippen molar-refractivity contribution >= 4 is 39.1 Å². The minimum atomic E-state index is -4.12. The Hall–Kier alpha value is -1.67. The van der Waals surface area contributed by atoms with Crippen molar-refractivity contribution in [2.24, 2.45) is 0 Å². The van der Waals surface area contributed by atoms with Crippen LogP contribution < -0.4 is 10.3 Å². The monoisotopic (exact) mass is 404 g/mol. The normalized spacial score (nSPS) is 11.4. The average molecular weight is 405 g/mol. The number of nitrogens with one attached hydrogen (secondary N) is 2. The molecular weight excluding hydrogens is 390 g/mol. The summed E-state index contributed by atoms with van der Waals surface area (Å²) in [4.78, 5) is 13.7. The summed E-state index contributed by atoms with van der Waals surface area (Å²) in [5.41, 5.74) is 3.41. The lowest BCUT2D eigenvalue weighted by atomic mass is 10.1. The predicted molar refractivity (Wildman–Crippen MR) is 94.5 cm³/mol. The van der Waals surface area contributed by atoms with Crippen LogP contribution in [0.3, 0.4) is 0 Å². The van der Waals surface area contributed by atoms with Crippen molar-refractivity contribution in [2.75, 3.05) is 0 Å². The van der Waals surface area contributed by atoms with Gasteiger partial charge in [0.15, 0.2) is 0 Å². The van der Waals surface area contributed by atoms with E-state index < -0.39 is 21.7 Å². The van der Waals surface area contributed by atoms with Crippen molar-refractivity contribution in [3.8, 4) is 0 Å². The maximum absolute atomic E-state index is 12.8. The van der Waals surface area contributed by atoms with Gasteiger partial charge in [-0.05, 0) is 48.7 Å². The quantitative estimate of drug-likeness (QED) is 0.750. The van der Waals surface area contributed by atoms with E-state index in [0.717, 1.165) is 0 Å². The Morgan fingerprint density at radius 3 is 2.36 bits per heavy atom. The van der Waals surface area contributed by atoms with Crippen molar-refractivity contribution in [1.82, 2.24) is 10.3 Å². The van der Waals surface area contributed by atoms with Gasteiger partial charge in [0.05, 0.1) is 11.4 Å². The first-order valence-electron chi connectivity index (χ1n) is 7.12. The number of carbonyl (C=O) groups excluding carboxylic acids is 1. The number of aryl methyl sites for hydroxylation is 1. The van der Waals surface area contributed by atoms with E-state index in [2.05, 4.69) is 5.43 Å². The highest BCUT2D eigenvalue weighted by Gasteiger charge is 2.24.